The molecule has 3 rings (SSSR count). The van der Waals surface area contributed by atoms with Crippen LogP contribution in [0.4, 0.5) is 0 Å². The molecule has 2 aromatic rings. The lowest BCUT2D eigenvalue weighted by Crippen LogP contribution is -2.35. The maximum atomic E-state index is 6.34. The Morgan fingerprint density at radius 3 is 2.95 bits per heavy atom. The highest BCUT2D eigenvalue weighted by Crippen LogP contribution is 2.38. The van der Waals surface area contributed by atoms with Gasteiger partial charge >= 0.3 is 0 Å². The summed E-state index contributed by atoms with van der Waals surface area (Å²) in [7, 11) is 2.05. The summed E-state index contributed by atoms with van der Waals surface area (Å²) in [6.07, 6.45) is 4.71. The van der Waals surface area contributed by atoms with Crippen molar-refractivity contribution in [3.8, 4) is 0 Å². The van der Waals surface area contributed by atoms with Gasteiger partial charge in [-0.15, -0.1) is 11.3 Å². The molecule has 0 saturated heterocycles. The zero-order valence-corrected chi connectivity index (χ0v) is 14.4. The van der Waals surface area contributed by atoms with Crippen LogP contribution >= 0.6 is 34.5 Å². The second kappa shape index (κ2) is 6.70. The molecule has 0 bridgehead atoms. The van der Waals surface area contributed by atoms with Crippen LogP contribution < -0.4 is 5.32 Å². The predicted molar refractivity (Wildman–Crippen MR) is 93.0 cm³/mol. The highest BCUT2D eigenvalue weighted by Gasteiger charge is 2.28. The summed E-state index contributed by atoms with van der Waals surface area (Å²) in [5.74, 6) is 0.580. The van der Waals surface area contributed by atoms with Gasteiger partial charge < -0.3 is 5.32 Å². The number of benzene rings is 1. The lowest BCUT2D eigenvalue weighted by atomic mass is 9.80. The van der Waals surface area contributed by atoms with Crippen molar-refractivity contribution in [2.45, 2.75) is 37.6 Å². The van der Waals surface area contributed by atoms with Crippen molar-refractivity contribution in [2.24, 2.45) is 0 Å². The molecule has 0 spiro atoms. The summed E-state index contributed by atoms with van der Waals surface area (Å²) in [5.41, 5.74) is 2.71. The molecular weight excluding hydrogens is 321 g/mol. The summed E-state index contributed by atoms with van der Waals surface area (Å²) in [6.45, 7) is 0. The van der Waals surface area contributed by atoms with E-state index in [-0.39, 0.29) is 0 Å². The molecule has 0 fully saturated rings. The fraction of sp³-hybridized carbons (Fsp3) is 0.412. The van der Waals surface area contributed by atoms with Gasteiger partial charge in [-0.25, -0.2) is 0 Å². The van der Waals surface area contributed by atoms with E-state index in [9.17, 15) is 0 Å². The first-order chi connectivity index (χ1) is 10.2. The van der Waals surface area contributed by atoms with Crippen molar-refractivity contribution in [1.29, 1.82) is 0 Å². The summed E-state index contributed by atoms with van der Waals surface area (Å²) in [6, 6.07) is 8.52. The van der Waals surface area contributed by atoms with Gasteiger partial charge in [-0.2, -0.15) is 0 Å². The molecule has 2 atom stereocenters. The minimum atomic E-state index is 0.414. The lowest BCUT2D eigenvalue weighted by Gasteiger charge is -2.31. The molecule has 0 aliphatic heterocycles. The third-order valence-corrected chi connectivity index (χ3v) is 5.99. The van der Waals surface area contributed by atoms with E-state index in [1.807, 2.05) is 29.5 Å². The Labute approximate surface area is 140 Å². The number of rotatable bonds is 4. The second-order valence-corrected chi connectivity index (χ2v) is 7.48. The summed E-state index contributed by atoms with van der Waals surface area (Å²) >= 11 is 14.2. The van der Waals surface area contributed by atoms with Crippen LogP contribution in [0.2, 0.25) is 10.0 Å². The van der Waals surface area contributed by atoms with Gasteiger partial charge in [0.05, 0.1) is 0 Å². The van der Waals surface area contributed by atoms with Crippen LogP contribution in [0, 0.1) is 0 Å². The Morgan fingerprint density at radius 1 is 1.33 bits per heavy atom. The van der Waals surface area contributed by atoms with E-state index >= 15 is 0 Å². The zero-order chi connectivity index (χ0) is 14.8. The summed E-state index contributed by atoms with van der Waals surface area (Å²) in [4.78, 5) is 1.56. The number of nitrogens with one attached hydrogen (secondary N) is 1. The van der Waals surface area contributed by atoms with Gasteiger partial charge in [-0.1, -0.05) is 29.3 Å². The molecule has 112 valence electrons. The van der Waals surface area contributed by atoms with Crippen molar-refractivity contribution in [3.63, 3.8) is 0 Å². The Kier molecular flexibility index (Phi) is 4.90. The van der Waals surface area contributed by atoms with Gasteiger partial charge in [-0.05, 0) is 67.4 Å². The highest BCUT2D eigenvalue weighted by molar-refractivity contribution is 7.10. The standard InChI is InChI=1S/C17H19Cl2NS/c1-20-16(9-11-5-6-12(18)10-15(11)19)13-3-2-4-17-14(13)7-8-21-17/h5-8,10,13,16,20H,2-4,9H2,1H3. The minimum absolute atomic E-state index is 0.414. The van der Waals surface area contributed by atoms with Crippen LogP contribution in [-0.4, -0.2) is 13.1 Å². The fourth-order valence-electron chi connectivity index (χ4n) is 3.31. The number of hydrogen-bond donors (Lipinski definition) is 1. The van der Waals surface area contributed by atoms with Gasteiger partial charge in [0.1, 0.15) is 0 Å². The molecule has 1 heterocycles. The maximum Gasteiger partial charge on any atom is 0.0453 e. The van der Waals surface area contributed by atoms with Crippen molar-refractivity contribution in [1.82, 2.24) is 5.32 Å². The van der Waals surface area contributed by atoms with Crippen LogP contribution in [0.15, 0.2) is 29.6 Å². The molecular formula is C17H19Cl2NS. The van der Waals surface area contributed by atoms with E-state index in [4.69, 9.17) is 23.2 Å². The molecule has 1 aromatic carbocycles. The van der Waals surface area contributed by atoms with Crippen LogP contribution in [0.25, 0.3) is 0 Å². The quantitative estimate of drug-likeness (QED) is 0.796. The Morgan fingerprint density at radius 2 is 2.19 bits per heavy atom. The number of likely N-dealkylation sites (N-methyl/N-ethyl adjacent to an activating group) is 1. The van der Waals surface area contributed by atoms with Crippen LogP contribution in [0.3, 0.4) is 0 Å². The maximum absolute atomic E-state index is 6.34. The SMILES string of the molecule is CNC(Cc1ccc(Cl)cc1Cl)C1CCCc2sccc21. The molecule has 1 N–H and O–H groups in total. The first-order valence-electron chi connectivity index (χ1n) is 7.36. The highest BCUT2D eigenvalue weighted by atomic mass is 35.5. The Balaban J connectivity index is 1.83. The van der Waals surface area contributed by atoms with Gasteiger partial charge in [0.25, 0.3) is 0 Å². The minimum Gasteiger partial charge on any atom is -0.316 e. The van der Waals surface area contributed by atoms with Crippen molar-refractivity contribution in [3.05, 3.63) is 55.7 Å². The first-order valence-corrected chi connectivity index (χ1v) is 9.00. The topological polar surface area (TPSA) is 12.0 Å². The molecule has 4 heteroatoms. The largest absolute Gasteiger partial charge is 0.316 e. The molecule has 2 unspecified atom stereocenters. The van der Waals surface area contributed by atoms with Gasteiger partial charge in [0.2, 0.25) is 0 Å². The van der Waals surface area contributed by atoms with Crippen LogP contribution in [-0.2, 0) is 12.8 Å². The molecule has 0 saturated carbocycles. The predicted octanol–water partition coefficient (Wildman–Crippen LogP) is 5.31. The molecule has 0 radical (unpaired) electrons. The Bertz CT molecular complexity index is 623. The summed E-state index contributed by atoms with van der Waals surface area (Å²) in [5, 5.41) is 7.20. The molecule has 0 amide bonds. The van der Waals surface area contributed by atoms with Crippen molar-refractivity contribution in [2.75, 3.05) is 7.05 Å². The average Bonchev–Trinajstić information content (AvgIpc) is 2.95. The first kappa shape index (κ1) is 15.4. The van der Waals surface area contributed by atoms with E-state index in [0.717, 1.165) is 11.4 Å². The number of thiophene rings is 1. The number of fused-ring (bicyclic) bond motifs is 1. The monoisotopic (exact) mass is 339 g/mol. The Hall–Kier alpha value is -0.540. The number of hydrogen-bond acceptors (Lipinski definition) is 2. The molecule has 21 heavy (non-hydrogen) atoms. The lowest BCUT2D eigenvalue weighted by molar-refractivity contribution is 0.414. The van der Waals surface area contributed by atoms with E-state index in [1.165, 1.54) is 30.4 Å². The van der Waals surface area contributed by atoms with Crippen molar-refractivity contribution >= 4 is 34.5 Å². The van der Waals surface area contributed by atoms with Gasteiger partial charge in [0, 0.05) is 26.9 Å². The number of halogens is 2. The normalized spacial score (nSPS) is 19.3. The molecule has 1 aliphatic carbocycles. The second-order valence-electron chi connectivity index (χ2n) is 5.63. The fourth-order valence-corrected chi connectivity index (χ4v) is 4.79. The van der Waals surface area contributed by atoms with Crippen molar-refractivity contribution < 1.29 is 0 Å². The molecule has 1 aromatic heterocycles. The summed E-state index contributed by atoms with van der Waals surface area (Å²) < 4.78 is 0. The van der Waals surface area contributed by atoms with E-state index in [0.29, 0.717) is 17.0 Å². The zero-order valence-electron chi connectivity index (χ0n) is 12.0. The van der Waals surface area contributed by atoms with Crippen LogP contribution in [0.1, 0.15) is 34.8 Å². The van der Waals surface area contributed by atoms with E-state index in [1.54, 1.807) is 4.88 Å². The van der Waals surface area contributed by atoms with Gasteiger partial charge in [0.15, 0.2) is 0 Å². The molecule has 1 nitrogen and oxygen atoms in total. The third kappa shape index (κ3) is 3.29. The average molecular weight is 340 g/mol. The number of aryl methyl sites for hydroxylation is 1. The smallest absolute Gasteiger partial charge is 0.0453 e. The molecule has 1 aliphatic rings. The van der Waals surface area contributed by atoms with Gasteiger partial charge in [-0.3, -0.25) is 0 Å². The van der Waals surface area contributed by atoms with Crippen LogP contribution in [0.5, 0.6) is 0 Å². The third-order valence-electron chi connectivity index (χ3n) is 4.41. The van der Waals surface area contributed by atoms with E-state index < -0.39 is 0 Å². The van der Waals surface area contributed by atoms with E-state index in [2.05, 4.69) is 23.8 Å².